The Morgan fingerprint density at radius 1 is 1.10 bits per heavy atom. The molecular weight excluding hydrogens is 418 g/mol. The molecule has 2 heterocycles. The largest absolute Gasteiger partial charge is 0.339 e. The van der Waals surface area contributed by atoms with Crippen LogP contribution in [0.5, 0.6) is 0 Å². The SMILES string of the molecule is Cc1ccc(-n2cnnc2SCC(=O)N2CCN(Cc3ccccc3)CC2)cc1Cl. The first-order valence-electron chi connectivity index (χ1n) is 9.93. The van der Waals surface area contributed by atoms with Crippen molar-refractivity contribution in [2.24, 2.45) is 0 Å². The van der Waals surface area contributed by atoms with E-state index in [1.807, 2.05) is 40.7 Å². The molecule has 0 atom stereocenters. The Bertz CT molecular complexity index is 1000. The van der Waals surface area contributed by atoms with Gasteiger partial charge in [-0.1, -0.05) is 59.8 Å². The number of aryl methyl sites for hydroxylation is 1. The fourth-order valence-corrected chi connectivity index (χ4v) is 4.45. The fraction of sp³-hybridized carbons (Fsp3) is 0.318. The van der Waals surface area contributed by atoms with Crippen LogP contribution in [-0.4, -0.2) is 62.4 Å². The van der Waals surface area contributed by atoms with Gasteiger partial charge in [-0.2, -0.15) is 0 Å². The number of hydrogen-bond donors (Lipinski definition) is 0. The van der Waals surface area contributed by atoms with E-state index < -0.39 is 0 Å². The molecule has 8 heteroatoms. The smallest absolute Gasteiger partial charge is 0.233 e. The summed E-state index contributed by atoms with van der Waals surface area (Å²) in [5, 5.41) is 9.56. The van der Waals surface area contributed by atoms with Crippen molar-refractivity contribution in [3.05, 3.63) is 71.0 Å². The fourth-order valence-electron chi connectivity index (χ4n) is 3.45. The van der Waals surface area contributed by atoms with Crippen LogP contribution in [0, 0.1) is 6.92 Å². The number of carbonyl (C=O) groups excluding carboxylic acids is 1. The molecule has 0 bridgehead atoms. The van der Waals surface area contributed by atoms with Gasteiger partial charge in [0.05, 0.1) is 11.4 Å². The van der Waals surface area contributed by atoms with Gasteiger partial charge in [0.2, 0.25) is 5.91 Å². The van der Waals surface area contributed by atoms with Crippen molar-refractivity contribution < 1.29 is 4.79 Å². The molecule has 1 aliphatic rings. The van der Waals surface area contributed by atoms with E-state index in [0.717, 1.165) is 44.0 Å². The number of nitrogens with zero attached hydrogens (tertiary/aromatic N) is 5. The van der Waals surface area contributed by atoms with Gasteiger partial charge in [0.1, 0.15) is 6.33 Å². The van der Waals surface area contributed by atoms with Crippen LogP contribution in [0.2, 0.25) is 5.02 Å². The lowest BCUT2D eigenvalue weighted by atomic mass is 10.2. The van der Waals surface area contributed by atoms with Crippen LogP contribution >= 0.6 is 23.4 Å². The number of hydrogen-bond acceptors (Lipinski definition) is 5. The molecule has 1 amide bonds. The maximum atomic E-state index is 12.7. The van der Waals surface area contributed by atoms with Gasteiger partial charge in [-0.15, -0.1) is 10.2 Å². The van der Waals surface area contributed by atoms with Crippen molar-refractivity contribution in [3.63, 3.8) is 0 Å². The van der Waals surface area contributed by atoms with Crippen LogP contribution in [-0.2, 0) is 11.3 Å². The van der Waals surface area contributed by atoms with Gasteiger partial charge in [0.25, 0.3) is 0 Å². The summed E-state index contributed by atoms with van der Waals surface area (Å²) in [7, 11) is 0. The summed E-state index contributed by atoms with van der Waals surface area (Å²) in [5.41, 5.74) is 3.22. The minimum absolute atomic E-state index is 0.135. The third-order valence-electron chi connectivity index (χ3n) is 5.25. The highest BCUT2D eigenvalue weighted by atomic mass is 35.5. The first kappa shape index (κ1) is 20.9. The predicted molar refractivity (Wildman–Crippen MR) is 120 cm³/mol. The summed E-state index contributed by atoms with van der Waals surface area (Å²) >= 11 is 7.65. The summed E-state index contributed by atoms with van der Waals surface area (Å²) in [4.78, 5) is 17.0. The molecule has 0 saturated carbocycles. The highest BCUT2D eigenvalue weighted by Crippen LogP contribution is 2.24. The Hall–Kier alpha value is -2.35. The van der Waals surface area contributed by atoms with E-state index in [1.165, 1.54) is 17.3 Å². The lowest BCUT2D eigenvalue weighted by Gasteiger charge is -2.34. The average molecular weight is 442 g/mol. The first-order valence-corrected chi connectivity index (χ1v) is 11.3. The second-order valence-electron chi connectivity index (χ2n) is 7.35. The van der Waals surface area contributed by atoms with E-state index in [0.29, 0.717) is 15.9 Å². The molecule has 0 radical (unpaired) electrons. The number of aromatic nitrogens is 3. The van der Waals surface area contributed by atoms with Crippen molar-refractivity contribution in [1.29, 1.82) is 0 Å². The zero-order valence-electron chi connectivity index (χ0n) is 16.9. The second-order valence-corrected chi connectivity index (χ2v) is 8.70. The third kappa shape index (κ3) is 5.03. The minimum atomic E-state index is 0.135. The standard InChI is InChI=1S/C22H24ClN5OS/c1-17-7-8-19(13-20(17)23)28-16-24-25-22(28)30-15-21(29)27-11-9-26(10-12-27)14-18-5-3-2-4-6-18/h2-8,13,16H,9-12,14-15H2,1H3. The van der Waals surface area contributed by atoms with E-state index in [-0.39, 0.29) is 5.91 Å². The molecule has 30 heavy (non-hydrogen) atoms. The van der Waals surface area contributed by atoms with Crippen LogP contribution in [0.1, 0.15) is 11.1 Å². The zero-order valence-corrected chi connectivity index (χ0v) is 18.4. The van der Waals surface area contributed by atoms with E-state index in [2.05, 4.69) is 39.4 Å². The van der Waals surface area contributed by atoms with Gasteiger partial charge in [0, 0.05) is 37.7 Å². The van der Waals surface area contributed by atoms with E-state index >= 15 is 0 Å². The van der Waals surface area contributed by atoms with Gasteiger partial charge < -0.3 is 4.90 Å². The normalized spacial score (nSPS) is 14.8. The average Bonchev–Trinajstić information content (AvgIpc) is 3.24. The Balaban J connectivity index is 1.30. The van der Waals surface area contributed by atoms with E-state index in [1.54, 1.807) is 6.33 Å². The molecule has 4 rings (SSSR count). The number of carbonyl (C=O) groups is 1. The van der Waals surface area contributed by atoms with Gasteiger partial charge in [0.15, 0.2) is 5.16 Å². The number of thioether (sulfide) groups is 1. The summed E-state index contributed by atoms with van der Waals surface area (Å²) in [6.07, 6.45) is 1.65. The molecule has 1 saturated heterocycles. The number of piperazine rings is 1. The third-order valence-corrected chi connectivity index (χ3v) is 6.58. The van der Waals surface area contributed by atoms with Gasteiger partial charge in [-0.3, -0.25) is 14.3 Å². The molecule has 0 aliphatic carbocycles. The summed E-state index contributed by atoms with van der Waals surface area (Å²) in [5.74, 6) is 0.479. The van der Waals surface area contributed by atoms with E-state index in [4.69, 9.17) is 11.6 Å². The predicted octanol–water partition coefficient (Wildman–Crippen LogP) is 3.67. The number of amides is 1. The van der Waals surface area contributed by atoms with Gasteiger partial charge in [-0.05, 0) is 30.2 Å². The topological polar surface area (TPSA) is 54.3 Å². The Labute approximate surface area is 185 Å². The lowest BCUT2D eigenvalue weighted by molar-refractivity contribution is -0.130. The molecular formula is C22H24ClN5OS. The lowest BCUT2D eigenvalue weighted by Crippen LogP contribution is -2.48. The molecule has 0 spiro atoms. The Morgan fingerprint density at radius 2 is 1.87 bits per heavy atom. The second kappa shape index (κ2) is 9.64. The van der Waals surface area contributed by atoms with Gasteiger partial charge >= 0.3 is 0 Å². The van der Waals surface area contributed by atoms with Crippen molar-refractivity contribution in [3.8, 4) is 5.69 Å². The molecule has 0 unspecified atom stereocenters. The quantitative estimate of drug-likeness (QED) is 0.546. The van der Waals surface area contributed by atoms with Gasteiger partial charge in [-0.25, -0.2) is 0 Å². The maximum Gasteiger partial charge on any atom is 0.233 e. The number of benzene rings is 2. The molecule has 0 N–H and O–H groups in total. The molecule has 156 valence electrons. The van der Waals surface area contributed by atoms with Crippen molar-refractivity contribution in [1.82, 2.24) is 24.6 Å². The summed E-state index contributed by atoms with van der Waals surface area (Å²) in [6.45, 7) is 6.19. The maximum absolute atomic E-state index is 12.7. The summed E-state index contributed by atoms with van der Waals surface area (Å²) in [6, 6.07) is 16.3. The molecule has 1 aliphatic heterocycles. The van der Waals surface area contributed by atoms with Crippen molar-refractivity contribution >= 4 is 29.3 Å². The minimum Gasteiger partial charge on any atom is -0.339 e. The molecule has 3 aromatic rings. The van der Waals surface area contributed by atoms with Crippen LogP contribution in [0.25, 0.3) is 5.69 Å². The van der Waals surface area contributed by atoms with Crippen LogP contribution in [0.3, 0.4) is 0 Å². The van der Waals surface area contributed by atoms with Crippen LogP contribution < -0.4 is 0 Å². The van der Waals surface area contributed by atoms with Crippen LogP contribution in [0.15, 0.2) is 60.0 Å². The number of halogens is 1. The molecule has 1 aromatic heterocycles. The van der Waals surface area contributed by atoms with Crippen LogP contribution in [0.4, 0.5) is 0 Å². The monoisotopic (exact) mass is 441 g/mol. The van der Waals surface area contributed by atoms with Crippen molar-refractivity contribution in [2.75, 3.05) is 31.9 Å². The van der Waals surface area contributed by atoms with Crippen molar-refractivity contribution in [2.45, 2.75) is 18.6 Å². The Kier molecular flexibility index (Phi) is 6.72. The molecule has 2 aromatic carbocycles. The summed E-state index contributed by atoms with van der Waals surface area (Å²) < 4.78 is 1.86. The molecule has 1 fully saturated rings. The Morgan fingerprint density at radius 3 is 2.60 bits per heavy atom. The molecule has 6 nitrogen and oxygen atoms in total. The van der Waals surface area contributed by atoms with E-state index in [9.17, 15) is 4.79 Å². The highest BCUT2D eigenvalue weighted by Gasteiger charge is 2.22. The zero-order chi connectivity index (χ0) is 20.9. The first-order chi connectivity index (χ1) is 14.6. The highest BCUT2D eigenvalue weighted by molar-refractivity contribution is 7.99. The number of rotatable bonds is 6.